The normalized spacial score (nSPS) is 11.6. The molecule has 0 spiro atoms. The van der Waals surface area contributed by atoms with Gasteiger partial charge in [-0.3, -0.25) is 0 Å². The maximum Gasteiger partial charge on any atom is 0.0516 e. The molecule has 0 saturated carbocycles. The molecule has 0 fully saturated rings. The minimum absolute atomic E-state index is 0.549. The van der Waals surface area contributed by atoms with Gasteiger partial charge in [0.2, 0.25) is 0 Å². The van der Waals surface area contributed by atoms with Gasteiger partial charge in [0.05, 0.1) is 6.54 Å². The summed E-state index contributed by atoms with van der Waals surface area (Å²) in [5.74, 6) is 0. The second-order valence-corrected chi connectivity index (χ2v) is 4.49. The highest BCUT2D eigenvalue weighted by molar-refractivity contribution is 9.10. The average Bonchev–Trinajstić information content (AvgIpc) is 2.16. The minimum atomic E-state index is 0.549. The van der Waals surface area contributed by atoms with Crippen molar-refractivity contribution in [1.29, 1.82) is 0 Å². The quantitative estimate of drug-likeness (QED) is 0.866. The molecule has 14 heavy (non-hydrogen) atoms. The molecule has 0 saturated heterocycles. The summed E-state index contributed by atoms with van der Waals surface area (Å²) in [6.45, 7) is 2.58. The predicted molar refractivity (Wildman–Crippen MR) is 67.2 cm³/mol. The third kappa shape index (κ3) is 3.52. The third-order valence-corrected chi connectivity index (χ3v) is 2.87. The van der Waals surface area contributed by atoms with Crippen molar-refractivity contribution in [1.82, 2.24) is 0 Å². The Hall–Kier alpha value is -0.180. The summed E-state index contributed by atoms with van der Waals surface area (Å²) in [4.78, 5) is 0. The number of nitrogens with one attached hydrogen (secondary N) is 1. The Morgan fingerprint density at radius 2 is 2.29 bits per heavy atom. The first kappa shape index (κ1) is 11.9. The Bertz CT molecular complexity index is 350. The van der Waals surface area contributed by atoms with Crippen molar-refractivity contribution in [2.75, 3.05) is 11.9 Å². The lowest BCUT2D eigenvalue weighted by molar-refractivity contribution is 1.28. The van der Waals surface area contributed by atoms with Gasteiger partial charge in [0.25, 0.3) is 0 Å². The topological polar surface area (TPSA) is 12.0 Å². The number of anilines is 1. The van der Waals surface area contributed by atoms with Crippen molar-refractivity contribution in [3.63, 3.8) is 0 Å². The van der Waals surface area contributed by atoms with Crippen molar-refractivity contribution in [2.45, 2.75) is 6.92 Å². The lowest BCUT2D eigenvalue weighted by Gasteiger charge is -2.08. The van der Waals surface area contributed by atoms with E-state index in [0.717, 1.165) is 10.2 Å². The fourth-order valence-electron chi connectivity index (χ4n) is 1.04. The zero-order valence-electron chi connectivity index (χ0n) is 7.65. The Balaban J connectivity index is 2.68. The summed E-state index contributed by atoms with van der Waals surface area (Å²) in [7, 11) is 0. The maximum atomic E-state index is 5.76. The van der Waals surface area contributed by atoms with Gasteiger partial charge in [-0.05, 0) is 30.7 Å². The van der Waals surface area contributed by atoms with Gasteiger partial charge in [0.15, 0.2) is 0 Å². The maximum absolute atomic E-state index is 5.76. The van der Waals surface area contributed by atoms with Crippen LogP contribution >= 0.6 is 39.1 Å². The van der Waals surface area contributed by atoms with Crippen LogP contribution in [0.5, 0.6) is 0 Å². The van der Waals surface area contributed by atoms with Crippen LogP contribution in [0.1, 0.15) is 5.56 Å². The highest BCUT2D eigenvalue weighted by atomic mass is 79.9. The van der Waals surface area contributed by atoms with Gasteiger partial charge in [-0.1, -0.05) is 39.1 Å². The summed E-state index contributed by atoms with van der Waals surface area (Å²) in [6, 6.07) is 6.02. The van der Waals surface area contributed by atoms with Crippen molar-refractivity contribution in [3.05, 3.63) is 38.8 Å². The van der Waals surface area contributed by atoms with Crippen LogP contribution in [-0.2, 0) is 0 Å². The molecule has 0 amide bonds. The zero-order valence-corrected chi connectivity index (χ0v) is 10.7. The van der Waals surface area contributed by atoms with E-state index in [-0.39, 0.29) is 0 Å². The van der Waals surface area contributed by atoms with Crippen molar-refractivity contribution >= 4 is 44.8 Å². The van der Waals surface area contributed by atoms with Crippen LogP contribution < -0.4 is 5.32 Å². The van der Waals surface area contributed by atoms with Gasteiger partial charge >= 0.3 is 0 Å². The van der Waals surface area contributed by atoms with Crippen LogP contribution in [0.4, 0.5) is 5.69 Å². The largest absolute Gasteiger partial charge is 0.380 e. The van der Waals surface area contributed by atoms with Gasteiger partial charge in [-0.25, -0.2) is 0 Å². The van der Waals surface area contributed by atoms with Gasteiger partial charge in [0, 0.05) is 20.7 Å². The smallest absolute Gasteiger partial charge is 0.0516 e. The summed E-state index contributed by atoms with van der Waals surface area (Å²) >= 11 is 14.6. The minimum Gasteiger partial charge on any atom is -0.380 e. The first-order valence-electron chi connectivity index (χ1n) is 4.08. The lowest BCUT2D eigenvalue weighted by atomic mass is 10.2. The number of aryl methyl sites for hydroxylation is 1. The highest BCUT2D eigenvalue weighted by Gasteiger charge is 1.98. The number of benzene rings is 1. The monoisotopic (exact) mass is 293 g/mol. The predicted octanol–water partition coefficient (Wildman–Crippen LogP) is 4.49. The van der Waals surface area contributed by atoms with Crippen LogP contribution in [0.2, 0.25) is 0 Å². The molecular weight excluding hydrogens is 285 g/mol. The Kier molecular flexibility index (Phi) is 4.79. The van der Waals surface area contributed by atoms with Crippen LogP contribution in [-0.4, -0.2) is 6.54 Å². The van der Waals surface area contributed by atoms with E-state index in [1.54, 1.807) is 0 Å². The second-order valence-electron chi connectivity index (χ2n) is 2.87. The molecule has 0 unspecified atom stereocenters. The molecule has 1 nitrogen and oxygen atoms in total. The molecule has 1 rings (SSSR count). The van der Waals surface area contributed by atoms with E-state index < -0.39 is 0 Å². The molecule has 0 radical (unpaired) electrons. The summed E-state index contributed by atoms with van der Waals surface area (Å²) < 4.78 is 1.07. The van der Waals surface area contributed by atoms with E-state index in [9.17, 15) is 0 Å². The fraction of sp³-hybridized carbons (Fsp3) is 0.200. The molecule has 0 aliphatic rings. The van der Waals surface area contributed by atoms with Crippen LogP contribution in [0.15, 0.2) is 33.2 Å². The molecule has 0 aliphatic carbocycles. The zero-order chi connectivity index (χ0) is 10.6. The van der Waals surface area contributed by atoms with E-state index in [1.165, 1.54) is 11.1 Å². The second kappa shape index (κ2) is 5.64. The molecule has 1 aromatic carbocycles. The molecule has 0 atom stereocenters. The Labute approximate surface area is 102 Å². The lowest BCUT2D eigenvalue weighted by Crippen LogP contribution is -2.02. The SMILES string of the molecule is Cc1cc(Br)ccc1NCC(Cl)=CCl. The van der Waals surface area contributed by atoms with Gasteiger partial charge in [-0.2, -0.15) is 0 Å². The first-order chi connectivity index (χ1) is 6.63. The Morgan fingerprint density at radius 3 is 2.86 bits per heavy atom. The van der Waals surface area contributed by atoms with Crippen molar-refractivity contribution in [3.8, 4) is 0 Å². The molecule has 1 N–H and O–H groups in total. The van der Waals surface area contributed by atoms with Crippen LogP contribution in [0.25, 0.3) is 0 Å². The van der Waals surface area contributed by atoms with E-state index >= 15 is 0 Å². The van der Waals surface area contributed by atoms with Crippen LogP contribution in [0.3, 0.4) is 0 Å². The molecule has 1 aromatic rings. The molecular formula is C10H10BrCl2N. The van der Waals surface area contributed by atoms with Gasteiger partial charge in [-0.15, -0.1) is 0 Å². The van der Waals surface area contributed by atoms with E-state index in [0.29, 0.717) is 11.6 Å². The third-order valence-electron chi connectivity index (χ3n) is 1.75. The average molecular weight is 295 g/mol. The van der Waals surface area contributed by atoms with Crippen molar-refractivity contribution in [2.24, 2.45) is 0 Å². The summed E-state index contributed by atoms with van der Waals surface area (Å²) in [5.41, 5.74) is 3.59. The molecule has 0 heterocycles. The number of hydrogen-bond acceptors (Lipinski definition) is 1. The summed E-state index contributed by atoms with van der Waals surface area (Å²) in [6.07, 6.45) is 0. The standard InChI is InChI=1S/C10H10BrCl2N/c1-7-4-8(11)2-3-10(7)14-6-9(13)5-12/h2-5,14H,6H2,1H3. The highest BCUT2D eigenvalue weighted by Crippen LogP contribution is 2.20. The van der Waals surface area contributed by atoms with Gasteiger partial charge < -0.3 is 5.32 Å². The van der Waals surface area contributed by atoms with E-state index in [4.69, 9.17) is 23.2 Å². The first-order valence-corrected chi connectivity index (χ1v) is 5.69. The van der Waals surface area contributed by atoms with Gasteiger partial charge in [0.1, 0.15) is 0 Å². The van der Waals surface area contributed by atoms with E-state index in [1.807, 2.05) is 25.1 Å². The van der Waals surface area contributed by atoms with Crippen molar-refractivity contribution < 1.29 is 0 Å². The molecule has 4 heteroatoms. The Morgan fingerprint density at radius 1 is 1.57 bits per heavy atom. The number of hydrogen-bond donors (Lipinski definition) is 1. The number of rotatable bonds is 3. The molecule has 0 aromatic heterocycles. The molecule has 76 valence electrons. The van der Waals surface area contributed by atoms with Crippen LogP contribution in [0, 0.1) is 6.92 Å². The number of halogens is 3. The molecule has 0 bridgehead atoms. The molecule has 0 aliphatic heterocycles. The summed E-state index contributed by atoms with van der Waals surface area (Å²) in [5, 5.41) is 3.78. The van der Waals surface area contributed by atoms with E-state index in [2.05, 4.69) is 21.2 Å². The fourth-order valence-corrected chi connectivity index (χ4v) is 1.66.